The summed E-state index contributed by atoms with van der Waals surface area (Å²) in [6.07, 6.45) is 0. The Kier molecular flexibility index (Phi) is 6.90. The van der Waals surface area contributed by atoms with E-state index in [0.29, 0.717) is 0 Å². The number of amides is 2. The second kappa shape index (κ2) is 9.01. The van der Waals surface area contributed by atoms with Crippen LogP contribution in [0.4, 0.5) is 5.13 Å². The number of hydrogen-bond acceptors (Lipinski definition) is 12. The number of carboxylic acid groups (broad SMARTS) is 1. The van der Waals surface area contributed by atoms with Crippen LogP contribution < -0.4 is 11.1 Å². The zero-order valence-electron chi connectivity index (χ0n) is 15.0. The lowest BCUT2D eigenvalue weighted by atomic mass is 9.99. The van der Waals surface area contributed by atoms with Gasteiger partial charge in [0.15, 0.2) is 10.8 Å². The van der Waals surface area contributed by atoms with Crippen molar-refractivity contribution in [1.29, 1.82) is 0 Å². The second-order valence-electron chi connectivity index (χ2n) is 5.61. The van der Waals surface area contributed by atoms with Crippen LogP contribution >= 0.6 is 11.3 Å². The molecule has 5 N–H and O–H groups in total. The van der Waals surface area contributed by atoms with Gasteiger partial charge in [-0.3, -0.25) is 18.9 Å². The molecule has 2 rings (SSSR count). The Morgan fingerprint density at radius 1 is 1.43 bits per heavy atom. The average molecular weight is 465 g/mol. The topological polar surface area (TPSA) is 228 Å². The SMILES string of the molecule is CC(=O)OCC1C(NC(=O)/C(=N\OCC(=O)O)c2csc(N)n2)C(=O)N1S(=O)(=O)O. The van der Waals surface area contributed by atoms with E-state index in [1.807, 2.05) is 0 Å². The molecule has 0 aliphatic carbocycles. The van der Waals surface area contributed by atoms with Crippen molar-refractivity contribution >= 4 is 56.2 Å². The standard InChI is InChI=1S/C13H15N5O10S2/c1-5(19)27-2-7-10(12(23)18(7)30(24,25)26)16-11(22)9(17-28-3-8(20)21)6-4-29-13(14)15-6/h4,7,10H,2-3H2,1H3,(H2,14,15)(H,16,22)(H,20,21)(H,24,25,26)/b17-9-. The summed E-state index contributed by atoms with van der Waals surface area (Å²) in [6, 6.07) is -2.94. The first-order valence-corrected chi connectivity index (χ1v) is 10.1. The van der Waals surface area contributed by atoms with E-state index in [-0.39, 0.29) is 15.1 Å². The number of ether oxygens (including phenoxy) is 1. The first-order chi connectivity index (χ1) is 13.9. The molecule has 1 aliphatic rings. The Labute approximate surface area is 172 Å². The molecule has 1 aliphatic heterocycles. The van der Waals surface area contributed by atoms with Crippen LogP contribution in [0.15, 0.2) is 10.5 Å². The van der Waals surface area contributed by atoms with E-state index in [4.69, 9.17) is 15.4 Å². The molecule has 2 atom stereocenters. The molecule has 164 valence electrons. The van der Waals surface area contributed by atoms with Crippen LogP contribution in [-0.4, -0.2) is 82.1 Å². The van der Waals surface area contributed by atoms with Crippen molar-refractivity contribution in [1.82, 2.24) is 14.6 Å². The van der Waals surface area contributed by atoms with Gasteiger partial charge in [0.1, 0.15) is 24.4 Å². The van der Waals surface area contributed by atoms with E-state index in [1.165, 1.54) is 5.38 Å². The number of nitrogen functional groups attached to an aromatic ring is 1. The number of nitrogens with two attached hydrogens (primary N) is 1. The smallest absolute Gasteiger partial charge is 0.362 e. The summed E-state index contributed by atoms with van der Waals surface area (Å²) in [7, 11) is -4.98. The maximum atomic E-state index is 12.6. The van der Waals surface area contributed by atoms with Gasteiger partial charge in [0.05, 0.1) is 0 Å². The maximum Gasteiger partial charge on any atom is 0.362 e. The third-order valence-corrected chi connectivity index (χ3v) is 5.11. The van der Waals surface area contributed by atoms with Gasteiger partial charge in [-0.15, -0.1) is 11.3 Å². The number of aliphatic carboxylic acids is 1. The van der Waals surface area contributed by atoms with Gasteiger partial charge in [0.25, 0.3) is 11.8 Å². The molecule has 1 fully saturated rings. The molecule has 1 aromatic heterocycles. The summed E-state index contributed by atoms with van der Waals surface area (Å²) in [5.74, 6) is -4.47. The number of thiazole rings is 1. The fourth-order valence-corrected chi connectivity index (χ4v) is 3.70. The minimum atomic E-state index is -4.98. The first-order valence-electron chi connectivity index (χ1n) is 7.79. The number of carboxylic acids is 1. The normalized spacial score (nSPS) is 19.1. The van der Waals surface area contributed by atoms with Crippen molar-refractivity contribution in [3.63, 3.8) is 0 Å². The van der Waals surface area contributed by atoms with Gasteiger partial charge >= 0.3 is 22.2 Å². The highest BCUT2D eigenvalue weighted by Crippen LogP contribution is 2.24. The average Bonchev–Trinajstić information content (AvgIpc) is 3.04. The molecule has 2 amide bonds. The predicted molar refractivity (Wildman–Crippen MR) is 97.4 cm³/mol. The quantitative estimate of drug-likeness (QED) is 0.0982. The number of esters is 1. The predicted octanol–water partition coefficient (Wildman–Crippen LogP) is -2.41. The van der Waals surface area contributed by atoms with Crippen LogP contribution in [0.2, 0.25) is 0 Å². The fraction of sp³-hybridized carbons (Fsp3) is 0.385. The third-order valence-electron chi connectivity index (χ3n) is 3.49. The number of rotatable bonds is 9. The van der Waals surface area contributed by atoms with E-state index in [1.54, 1.807) is 0 Å². The molecule has 0 spiro atoms. The zero-order valence-corrected chi connectivity index (χ0v) is 16.7. The third kappa shape index (κ3) is 5.39. The van der Waals surface area contributed by atoms with Crippen LogP contribution in [0.25, 0.3) is 0 Å². The van der Waals surface area contributed by atoms with Crippen molar-refractivity contribution in [2.24, 2.45) is 5.16 Å². The number of hydrogen-bond donors (Lipinski definition) is 4. The lowest BCUT2D eigenvalue weighted by Crippen LogP contribution is -2.73. The Hall–Kier alpha value is -3.31. The Morgan fingerprint density at radius 2 is 2.10 bits per heavy atom. The highest BCUT2D eigenvalue weighted by Gasteiger charge is 2.54. The molecular formula is C13H15N5O10S2. The first kappa shape index (κ1) is 23.0. The van der Waals surface area contributed by atoms with E-state index in [2.05, 4.69) is 25.0 Å². The summed E-state index contributed by atoms with van der Waals surface area (Å²) >= 11 is 0.934. The van der Waals surface area contributed by atoms with E-state index in [0.717, 1.165) is 18.3 Å². The number of anilines is 1. The Morgan fingerprint density at radius 3 is 2.60 bits per heavy atom. The number of aromatic nitrogens is 1. The molecule has 17 heteroatoms. The van der Waals surface area contributed by atoms with Gasteiger partial charge < -0.3 is 25.7 Å². The number of β-lactam (4-membered cyclic amide) rings is 1. The van der Waals surface area contributed by atoms with E-state index >= 15 is 0 Å². The molecule has 0 radical (unpaired) electrons. The largest absolute Gasteiger partial charge is 0.479 e. The lowest BCUT2D eigenvalue weighted by Gasteiger charge is -2.43. The van der Waals surface area contributed by atoms with Gasteiger partial charge in [-0.25, -0.2) is 14.1 Å². The highest BCUT2D eigenvalue weighted by molar-refractivity contribution is 7.84. The van der Waals surface area contributed by atoms with Gasteiger partial charge in [0, 0.05) is 12.3 Å². The van der Waals surface area contributed by atoms with Gasteiger partial charge in [-0.05, 0) is 0 Å². The van der Waals surface area contributed by atoms with E-state index < -0.39 is 65.1 Å². The van der Waals surface area contributed by atoms with Crippen LogP contribution in [0.5, 0.6) is 0 Å². The van der Waals surface area contributed by atoms with Gasteiger partial charge in [0.2, 0.25) is 6.61 Å². The van der Waals surface area contributed by atoms with Crippen LogP contribution in [0.3, 0.4) is 0 Å². The highest BCUT2D eigenvalue weighted by atomic mass is 32.2. The maximum absolute atomic E-state index is 12.6. The minimum Gasteiger partial charge on any atom is -0.479 e. The van der Waals surface area contributed by atoms with Crippen molar-refractivity contribution in [2.45, 2.75) is 19.0 Å². The van der Waals surface area contributed by atoms with Gasteiger partial charge in [-0.2, -0.15) is 8.42 Å². The molecule has 0 bridgehead atoms. The van der Waals surface area contributed by atoms with Crippen molar-refractivity contribution in [3.05, 3.63) is 11.1 Å². The molecule has 30 heavy (non-hydrogen) atoms. The number of nitrogens with zero attached hydrogens (tertiary/aromatic N) is 3. The summed E-state index contributed by atoms with van der Waals surface area (Å²) in [5, 5.41) is 15.5. The molecule has 1 aromatic rings. The Bertz CT molecular complexity index is 1000. The number of carbonyl (C=O) groups is 4. The second-order valence-corrected chi connectivity index (χ2v) is 7.79. The number of carbonyl (C=O) groups excluding carboxylic acids is 3. The van der Waals surface area contributed by atoms with Crippen LogP contribution in [0.1, 0.15) is 12.6 Å². The zero-order chi connectivity index (χ0) is 22.6. The monoisotopic (exact) mass is 465 g/mol. The lowest BCUT2D eigenvalue weighted by molar-refractivity contribution is -0.154. The summed E-state index contributed by atoms with van der Waals surface area (Å²) in [5.41, 5.74) is 4.84. The summed E-state index contributed by atoms with van der Waals surface area (Å²) in [6.45, 7) is -0.495. The van der Waals surface area contributed by atoms with E-state index in [9.17, 15) is 27.6 Å². The Balaban J connectivity index is 2.24. The van der Waals surface area contributed by atoms with Crippen molar-refractivity contribution < 1.29 is 46.8 Å². The van der Waals surface area contributed by atoms with Crippen LogP contribution in [-0.2, 0) is 39.1 Å². The summed E-state index contributed by atoms with van der Waals surface area (Å²) in [4.78, 5) is 54.6. The van der Waals surface area contributed by atoms with Gasteiger partial charge in [-0.1, -0.05) is 5.16 Å². The van der Waals surface area contributed by atoms with Crippen LogP contribution in [0, 0.1) is 0 Å². The number of oxime groups is 1. The molecule has 2 heterocycles. The molecule has 0 aromatic carbocycles. The molecule has 15 nitrogen and oxygen atoms in total. The fourth-order valence-electron chi connectivity index (χ4n) is 2.29. The molecule has 0 saturated carbocycles. The summed E-state index contributed by atoms with van der Waals surface area (Å²) < 4.78 is 36.6. The number of nitrogens with one attached hydrogen (secondary N) is 1. The minimum absolute atomic E-state index is 0.0411. The molecule has 1 saturated heterocycles. The molecular weight excluding hydrogens is 450 g/mol. The van der Waals surface area contributed by atoms with Crippen molar-refractivity contribution in [3.8, 4) is 0 Å². The van der Waals surface area contributed by atoms with Crippen molar-refractivity contribution in [2.75, 3.05) is 18.9 Å². The molecule has 2 unspecified atom stereocenters.